The average molecular weight is 340 g/mol. The predicted molar refractivity (Wildman–Crippen MR) is 104 cm³/mol. The number of aromatic nitrogens is 2. The molecule has 5 heteroatoms. The van der Waals surface area contributed by atoms with Gasteiger partial charge in [0, 0.05) is 16.5 Å². The molecule has 0 aliphatic heterocycles. The van der Waals surface area contributed by atoms with E-state index in [-0.39, 0.29) is 5.75 Å². The van der Waals surface area contributed by atoms with Gasteiger partial charge in [-0.05, 0) is 24.3 Å². The van der Waals surface area contributed by atoms with E-state index in [0.717, 1.165) is 16.5 Å². The molecule has 0 saturated heterocycles. The third-order valence-corrected chi connectivity index (χ3v) is 3.95. The summed E-state index contributed by atoms with van der Waals surface area (Å²) < 4.78 is 0. The normalized spacial score (nSPS) is 11.1. The molecule has 0 aliphatic rings. The highest BCUT2D eigenvalue weighted by molar-refractivity contribution is 5.91. The molecule has 0 aliphatic carbocycles. The molecule has 5 nitrogen and oxygen atoms in total. The first-order valence-corrected chi connectivity index (χ1v) is 8.20. The van der Waals surface area contributed by atoms with Crippen molar-refractivity contribution in [2.45, 2.75) is 0 Å². The van der Waals surface area contributed by atoms with Gasteiger partial charge in [0.05, 0.1) is 11.7 Å². The highest BCUT2D eigenvalue weighted by atomic mass is 16.3. The summed E-state index contributed by atoms with van der Waals surface area (Å²) in [6.07, 6.45) is 1.56. The number of nitrogens with zero attached hydrogens (tertiary/aromatic N) is 3. The fourth-order valence-corrected chi connectivity index (χ4v) is 2.64. The van der Waals surface area contributed by atoms with Gasteiger partial charge in [-0.25, -0.2) is 9.97 Å². The Labute approximate surface area is 150 Å². The highest BCUT2D eigenvalue weighted by Crippen LogP contribution is 2.24. The molecule has 2 N–H and O–H groups in total. The van der Waals surface area contributed by atoms with Crippen LogP contribution in [0.25, 0.3) is 22.3 Å². The van der Waals surface area contributed by atoms with Crippen LogP contribution in [0.5, 0.6) is 5.75 Å². The lowest BCUT2D eigenvalue weighted by Gasteiger charge is -2.08. The summed E-state index contributed by atoms with van der Waals surface area (Å²) in [5.41, 5.74) is 5.38. The summed E-state index contributed by atoms with van der Waals surface area (Å²) in [5, 5.41) is 14.9. The Kier molecular flexibility index (Phi) is 4.26. The topological polar surface area (TPSA) is 70.4 Å². The summed E-state index contributed by atoms with van der Waals surface area (Å²) >= 11 is 0. The number of phenolic OH excluding ortho intramolecular Hbond substituents is 1. The van der Waals surface area contributed by atoms with Crippen molar-refractivity contribution in [1.82, 2.24) is 9.97 Å². The van der Waals surface area contributed by atoms with Crippen molar-refractivity contribution in [2.75, 3.05) is 5.43 Å². The maximum Gasteiger partial charge on any atom is 0.162 e. The number of nitrogens with one attached hydrogen (secondary N) is 1. The number of aromatic hydroxyl groups is 1. The fourth-order valence-electron chi connectivity index (χ4n) is 2.64. The van der Waals surface area contributed by atoms with Gasteiger partial charge in [-0.1, -0.05) is 54.6 Å². The van der Waals surface area contributed by atoms with Crippen molar-refractivity contribution in [2.24, 2.45) is 5.10 Å². The average Bonchev–Trinajstić information content (AvgIpc) is 2.70. The molecule has 0 unspecified atom stereocenters. The Bertz CT molecular complexity index is 1080. The van der Waals surface area contributed by atoms with Gasteiger partial charge < -0.3 is 5.11 Å². The number of anilines is 1. The van der Waals surface area contributed by atoms with Crippen LogP contribution in [0.15, 0.2) is 84.0 Å². The smallest absolute Gasteiger partial charge is 0.162 e. The third-order valence-electron chi connectivity index (χ3n) is 3.95. The molecule has 4 rings (SSSR count). The zero-order valence-corrected chi connectivity index (χ0v) is 13.9. The molecule has 1 aromatic heterocycles. The van der Waals surface area contributed by atoms with Crippen molar-refractivity contribution in [3.05, 3.63) is 84.4 Å². The number of hydrogen-bond donors (Lipinski definition) is 2. The first-order valence-electron chi connectivity index (χ1n) is 8.20. The van der Waals surface area contributed by atoms with Gasteiger partial charge in [0.15, 0.2) is 11.6 Å². The summed E-state index contributed by atoms with van der Waals surface area (Å²) in [6.45, 7) is 0. The van der Waals surface area contributed by atoms with Crippen molar-refractivity contribution in [3.8, 4) is 17.1 Å². The van der Waals surface area contributed by atoms with Gasteiger partial charge in [0.25, 0.3) is 0 Å². The quantitative estimate of drug-likeness (QED) is 0.425. The zero-order valence-electron chi connectivity index (χ0n) is 13.9. The van der Waals surface area contributed by atoms with Crippen LogP contribution in [-0.4, -0.2) is 21.3 Å². The van der Waals surface area contributed by atoms with E-state index in [2.05, 4.69) is 20.5 Å². The van der Waals surface area contributed by atoms with Crippen molar-refractivity contribution < 1.29 is 5.11 Å². The van der Waals surface area contributed by atoms with Crippen LogP contribution >= 0.6 is 0 Å². The first kappa shape index (κ1) is 15.8. The minimum absolute atomic E-state index is 0.176. The van der Waals surface area contributed by atoms with E-state index in [1.807, 2.05) is 60.7 Å². The van der Waals surface area contributed by atoms with Gasteiger partial charge in [-0.15, -0.1) is 0 Å². The summed E-state index contributed by atoms with van der Waals surface area (Å²) in [6, 6.07) is 24.6. The minimum atomic E-state index is 0.176. The van der Waals surface area contributed by atoms with E-state index in [1.54, 1.807) is 24.4 Å². The molecule has 0 atom stereocenters. The number of fused-ring (bicyclic) bond motifs is 1. The summed E-state index contributed by atoms with van der Waals surface area (Å²) in [4.78, 5) is 9.27. The first-order chi connectivity index (χ1) is 12.8. The van der Waals surface area contributed by atoms with E-state index >= 15 is 0 Å². The highest BCUT2D eigenvalue weighted by Gasteiger charge is 2.08. The van der Waals surface area contributed by atoms with Gasteiger partial charge in [0.1, 0.15) is 5.75 Å². The summed E-state index contributed by atoms with van der Waals surface area (Å²) in [7, 11) is 0. The van der Waals surface area contributed by atoms with E-state index in [0.29, 0.717) is 17.2 Å². The van der Waals surface area contributed by atoms with E-state index in [4.69, 9.17) is 0 Å². The SMILES string of the molecule is Oc1ccccc1C=NNc1nc(-c2ccccc2)nc2ccccc12. The molecule has 0 radical (unpaired) electrons. The minimum Gasteiger partial charge on any atom is -0.507 e. The Hall–Kier alpha value is -3.73. The largest absolute Gasteiger partial charge is 0.507 e. The molecule has 0 amide bonds. The van der Waals surface area contributed by atoms with Crippen LogP contribution in [0.4, 0.5) is 5.82 Å². The molecular formula is C21H16N4O. The predicted octanol–water partition coefficient (Wildman–Crippen LogP) is 4.45. The lowest BCUT2D eigenvalue weighted by atomic mass is 10.2. The van der Waals surface area contributed by atoms with Crippen LogP contribution in [0.2, 0.25) is 0 Å². The Morgan fingerprint density at radius 1 is 0.808 bits per heavy atom. The maximum absolute atomic E-state index is 9.83. The second kappa shape index (κ2) is 7.03. The molecule has 26 heavy (non-hydrogen) atoms. The number of phenols is 1. The van der Waals surface area contributed by atoms with Crippen LogP contribution in [0, 0.1) is 0 Å². The third kappa shape index (κ3) is 3.23. The molecule has 0 spiro atoms. The Morgan fingerprint density at radius 2 is 1.54 bits per heavy atom. The summed E-state index contributed by atoms with van der Waals surface area (Å²) in [5.74, 6) is 1.42. The maximum atomic E-state index is 9.83. The molecule has 1 heterocycles. The van der Waals surface area contributed by atoms with Crippen LogP contribution in [0.3, 0.4) is 0 Å². The van der Waals surface area contributed by atoms with Crippen LogP contribution in [0.1, 0.15) is 5.56 Å². The molecular weight excluding hydrogens is 324 g/mol. The molecule has 3 aromatic carbocycles. The molecule has 0 fully saturated rings. The van der Waals surface area contributed by atoms with Crippen LogP contribution in [-0.2, 0) is 0 Å². The van der Waals surface area contributed by atoms with Crippen molar-refractivity contribution >= 4 is 22.9 Å². The van der Waals surface area contributed by atoms with E-state index < -0.39 is 0 Å². The van der Waals surface area contributed by atoms with Gasteiger partial charge in [-0.2, -0.15) is 5.10 Å². The monoisotopic (exact) mass is 340 g/mol. The lowest BCUT2D eigenvalue weighted by molar-refractivity contribution is 0.474. The number of rotatable bonds is 4. The van der Waals surface area contributed by atoms with Crippen molar-refractivity contribution in [1.29, 1.82) is 0 Å². The fraction of sp³-hybridized carbons (Fsp3) is 0. The Balaban J connectivity index is 1.73. The number of hydrazone groups is 1. The number of hydrogen-bond acceptors (Lipinski definition) is 5. The van der Waals surface area contributed by atoms with Crippen molar-refractivity contribution in [3.63, 3.8) is 0 Å². The zero-order chi connectivity index (χ0) is 17.8. The molecule has 0 bridgehead atoms. The standard InChI is InChI=1S/C21H16N4O/c26-19-13-7-4-10-16(19)14-22-25-21-17-11-5-6-12-18(17)23-20(24-21)15-8-2-1-3-9-15/h1-14,26H,(H,23,24,25). The lowest BCUT2D eigenvalue weighted by Crippen LogP contribution is -1.99. The number of benzene rings is 3. The van der Waals surface area contributed by atoms with Gasteiger partial charge >= 0.3 is 0 Å². The van der Waals surface area contributed by atoms with E-state index in [9.17, 15) is 5.11 Å². The molecule has 0 saturated carbocycles. The second-order valence-electron chi connectivity index (χ2n) is 5.71. The van der Waals surface area contributed by atoms with Gasteiger partial charge in [-0.3, -0.25) is 5.43 Å². The van der Waals surface area contributed by atoms with E-state index in [1.165, 1.54) is 0 Å². The van der Waals surface area contributed by atoms with Gasteiger partial charge in [0.2, 0.25) is 0 Å². The second-order valence-corrected chi connectivity index (χ2v) is 5.71. The van der Waals surface area contributed by atoms with Crippen LogP contribution < -0.4 is 5.43 Å². The molecule has 126 valence electrons. The molecule has 4 aromatic rings. The Morgan fingerprint density at radius 3 is 2.38 bits per heavy atom. The number of para-hydroxylation sites is 2.